The topological polar surface area (TPSA) is 46.9 Å². The van der Waals surface area contributed by atoms with Crippen LogP contribution in [0.5, 0.6) is 0 Å². The van der Waals surface area contributed by atoms with Gasteiger partial charge in [0.05, 0.1) is 11.8 Å². The summed E-state index contributed by atoms with van der Waals surface area (Å²) in [6, 6.07) is 1.89. The maximum atomic E-state index is 12.1. The van der Waals surface area contributed by atoms with Gasteiger partial charge in [0.2, 0.25) is 0 Å². The molecule has 0 amide bonds. The van der Waals surface area contributed by atoms with Crippen LogP contribution in [0, 0.1) is 5.92 Å². The molecule has 2 aromatic heterocycles. The Morgan fingerprint density at radius 1 is 1.62 bits per heavy atom. The molecule has 16 heavy (non-hydrogen) atoms. The van der Waals surface area contributed by atoms with E-state index in [1.165, 1.54) is 11.3 Å². The highest BCUT2D eigenvalue weighted by Gasteiger charge is 2.16. The van der Waals surface area contributed by atoms with Gasteiger partial charge in [0.25, 0.3) is 5.56 Å². The van der Waals surface area contributed by atoms with E-state index in [4.69, 9.17) is 0 Å². The van der Waals surface area contributed by atoms with Gasteiger partial charge < -0.3 is 5.32 Å². The van der Waals surface area contributed by atoms with Crippen molar-refractivity contribution < 1.29 is 0 Å². The summed E-state index contributed by atoms with van der Waals surface area (Å²) in [5.74, 6) is 0.567. The molecule has 0 spiro atoms. The van der Waals surface area contributed by atoms with E-state index in [2.05, 4.69) is 10.3 Å². The zero-order valence-electron chi connectivity index (χ0n) is 8.85. The molecular weight excluding hydrogens is 222 g/mol. The Balaban J connectivity index is 1.96. The van der Waals surface area contributed by atoms with Crippen molar-refractivity contribution in [2.24, 2.45) is 5.92 Å². The van der Waals surface area contributed by atoms with Crippen molar-refractivity contribution in [2.75, 3.05) is 13.1 Å². The van der Waals surface area contributed by atoms with Crippen molar-refractivity contribution in [1.82, 2.24) is 14.9 Å². The van der Waals surface area contributed by atoms with Gasteiger partial charge in [-0.05, 0) is 36.9 Å². The highest BCUT2D eigenvalue weighted by molar-refractivity contribution is 7.17. The van der Waals surface area contributed by atoms with Crippen molar-refractivity contribution >= 4 is 21.6 Å². The predicted molar refractivity (Wildman–Crippen MR) is 64.9 cm³/mol. The lowest BCUT2D eigenvalue weighted by atomic mass is 10.1. The molecule has 0 aromatic carbocycles. The van der Waals surface area contributed by atoms with Gasteiger partial charge in [-0.1, -0.05) is 0 Å². The Labute approximate surface area is 96.9 Å². The second-order valence-corrected chi connectivity index (χ2v) is 5.11. The van der Waals surface area contributed by atoms with Crippen LogP contribution in [-0.4, -0.2) is 22.6 Å². The van der Waals surface area contributed by atoms with Gasteiger partial charge in [-0.25, -0.2) is 4.98 Å². The number of hydrogen-bond donors (Lipinski definition) is 1. The maximum Gasteiger partial charge on any atom is 0.271 e. The van der Waals surface area contributed by atoms with Gasteiger partial charge in [0, 0.05) is 6.54 Å². The van der Waals surface area contributed by atoms with Crippen LogP contribution in [0.4, 0.5) is 0 Å². The first-order valence-electron chi connectivity index (χ1n) is 5.48. The van der Waals surface area contributed by atoms with Gasteiger partial charge >= 0.3 is 0 Å². The number of fused-ring (bicyclic) bond motifs is 1. The first kappa shape index (κ1) is 9.99. The molecule has 1 atom stereocenters. The van der Waals surface area contributed by atoms with Crippen molar-refractivity contribution in [3.05, 3.63) is 28.1 Å². The first-order valence-corrected chi connectivity index (χ1v) is 6.36. The summed E-state index contributed by atoms with van der Waals surface area (Å²) in [4.78, 5) is 16.4. The Kier molecular flexibility index (Phi) is 2.49. The fraction of sp³-hybridized carbons (Fsp3) is 0.455. The normalized spacial score (nSPS) is 20.6. The zero-order chi connectivity index (χ0) is 11.0. The zero-order valence-corrected chi connectivity index (χ0v) is 9.67. The second kappa shape index (κ2) is 3.99. The second-order valence-electron chi connectivity index (χ2n) is 4.20. The molecule has 0 bridgehead atoms. The molecule has 1 fully saturated rings. The summed E-state index contributed by atoms with van der Waals surface area (Å²) in [7, 11) is 0. The van der Waals surface area contributed by atoms with Gasteiger partial charge in [0.15, 0.2) is 0 Å². The molecule has 3 rings (SSSR count). The van der Waals surface area contributed by atoms with E-state index in [1.807, 2.05) is 11.4 Å². The third-order valence-corrected chi connectivity index (χ3v) is 3.94. The molecule has 4 nitrogen and oxygen atoms in total. The number of nitrogens with zero attached hydrogens (tertiary/aromatic N) is 2. The predicted octanol–water partition coefficient (Wildman–Crippen LogP) is 1.07. The minimum absolute atomic E-state index is 0.104. The molecule has 1 unspecified atom stereocenters. The van der Waals surface area contributed by atoms with Gasteiger partial charge in [-0.2, -0.15) is 0 Å². The molecule has 0 aliphatic carbocycles. The molecule has 1 aliphatic rings. The molecule has 1 saturated heterocycles. The van der Waals surface area contributed by atoms with E-state index in [0.717, 1.165) is 36.3 Å². The highest BCUT2D eigenvalue weighted by atomic mass is 32.1. The summed E-state index contributed by atoms with van der Waals surface area (Å²) < 4.78 is 2.52. The number of hydrogen-bond acceptors (Lipinski definition) is 4. The van der Waals surface area contributed by atoms with Crippen LogP contribution in [0.25, 0.3) is 10.2 Å². The summed E-state index contributed by atoms with van der Waals surface area (Å²) in [5, 5.41) is 5.23. The van der Waals surface area contributed by atoms with Crippen molar-refractivity contribution in [3.8, 4) is 0 Å². The summed E-state index contributed by atoms with van der Waals surface area (Å²) in [6.45, 7) is 2.86. The summed E-state index contributed by atoms with van der Waals surface area (Å²) >= 11 is 1.47. The summed E-state index contributed by atoms with van der Waals surface area (Å²) in [5.41, 5.74) is 0.919. The molecule has 5 heteroatoms. The van der Waals surface area contributed by atoms with Crippen LogP contribution in [0.15, 0.2) is 22.6 Å². The van der Waals surface area contributed by atoms with E-state index in [0.29, 0.717) is 5.92 Å². The molecule has 1 N–H and O–H groups in total. The molecule has 1 aliphatic heterocycles. The molecular formula is C11H13N3OS. The Morgan fingerprint density at radius 3 is 3.38 bits per heavy atom. The van der Waals surface area contributed by atoms with Gasteiger partial charge in [0.1, 0.15) is 4.70 Å². The third kappa shape index (κ3) is 1.66. The molecule has 3 heterocycles. The van der Waals surface area contributed by atoms with Crippen molar-refractivity contribution in [2.45, 2.75) is 13.0 Å². The standard InChI is InChI=1S/C11H13N3OS/c15-11-10-9(2-4-16-10)13-7-14(11)6-8-1-3-12-5-8/h2,4,7-8,12H,1,3,5-6H2. The van der Waals surface area contributed by atoms with Crippen LogP contribution in [-0.2, 0) is 6.54 Å². The lowest BCUT2D eigenvalue weighted by molar-refractivity contribution is 0.470. The van der Waals surface area contributed by atoms with Crippen LogP contribution in [0.2, 0.25) is 0 Å². The number of rotatable bonds is 2. The van der Waals surface area contributed by atoms with Crippen LogP contribution >= 0.6 is 11.3 Å². The van der Waals surface area contributed by atoms with Crippen molar-refractivity contribution in [3.63, 3.8) is 0 Å². The summed E-state index contributed by atoms with van der Waals surface area (Å²) in [6.07, 6.45) is 2.82. The quantitative estimate of drug-likeness (QED) is 0.847. The minimum atomic E-state index is 0.104. The largest absolute Gasteiger partial charge is 0.316 e. The highest BCUT2D eigenvalue weighted by Crippen LogP contribution is 2.14. The van der Waals surface area contributed by atoms with E-state index in [1.54, 1.807) is 10.9 Å². The average molecular weight is 235 g/mol. The number of nitrogens with one attached hydrogen (secondary N) is 1. The van der Waals surface area contributed by atoms with E-state index >= 15 is 0 Å². The van der Waals surface area contributed by atoms with Crippen LogP contribution in [0.1, 0.15) is 6.42 Å². The smallest absolute Gasteiger partial charge is 0.271 e. The van der Waals surface area contributed by atoms with Crippen LogP contribution in [0.3, 0.4) is 0 Å². The lowest BCUT2D eigenvalue weighted by Crippen LogP contribution is -2.24. The average Bonchev–Trinajstić information content (AvgIpc) is 2.93. The number of thiophene rings is 1. The van der Waals surface area contributed by atoms with Crippen molar-refractivity contribution in [1.29, 1.82) is 0 Å². The Hall–Kier alpha value is -1.20. The molecule has 84 valence electrons. The third-order valence-electron chi connectivity index (χ3n) is 3.05. The monoisotopic (exact) mass is 235 g/mol. The van der Waals surface area contributed by atoms with Gasteiger partial charge in [-0.15, -0.1) is 11.3 Å². The van der Waals surface area contributed by atoms with E-state index in [9.17, 15) is 4.79 Å². The Morgan fingerprint density at radius 2 is 2.56 bits per heavy atom. The van der Waals surface area contributed by atoms with Crippen LogP contribution < -0.4 is 10.9 Å². The molecule has 0 saturated carbocycles. The van der Waals surface area contributed by atoms with E-state index < -0.39 is 0 Å². The lowest BCUT2D eigenvalue weighted by Gasteiger charge is -2.10. The number of aromatic nitrogens is 2. The first-order chi connectivity index (χ1) is 7.84. The Bertz CT molecular complexity index is 554. The molecule has 0 radical (unpaired) electrons. The fourth-order valence-electron chi connectivity index (χ4n) is 2.16. The fourth-order valence-corrected chi connectivity index (χ4v) is 2.95. The van der Waals surface area contributed by atoms with E-state index in [-0.39, 0.29) is 5.56 Å². The van der Waals surface area contributed by atoms with Gasteiger partial charge in [-0.3, -0.25) is 9.36 Å². The SMILES string of the molecule is O=c1c2sccc2ncn1CC1CCNC1. The minimum Gasteiger partial charge on any atom is -0.316 e. The molecule has 2 aromatic rings. The maximum absolute atomic E-state index is 12.1.